The summed E-state index contributed by atoms with van der Waals surface area (Å²) in [7, 11) is 0. The molecule has 0 aliphatic heterocycles. The van der Waals surface area contributed by atoms with Gasteiger partial charge in [-0.15, -0.1) is 0 Å². The second-order valence-electron chi connectivity index (χ2n) is 6.40. The highest BCUT2D eigenvalue weighted by Gasteiger charge is 2.27. The second kappa shape index (κ2) is 6.94. The molecule has 0 aliphatic rings. The smallest absolute Gasteiger partial charge is 0.258 e. The van der Waals surface area contributed by atoms with Gasteiger partial charge >= 0.3 is 0 Å². The van der Waals surface area contributed by atoms with Gasteiger partial charge in [-0.25, -0.2) is 0 Å². The molecule has 22 heavy (non-hydrogen) atoms. The van der Waals surface area contributed by atoms with E-state index in [1.54, 1.807) is 4.90 Å². The number of nitrogens with zero attached hydrogens (tertiary/aromatic N) is 3. The molecule has 124 valence electrons. The van der Waals surface area contributed by atoms with E-state index in [0.29, 0.717) is 24.3 Å². The summed E-state index contributed by atoms with van der Waals surface area (Å²) in [6.45, 7) is 14.7. The van der Waals surface area contributed by atoms with E-state index >= 15 is 0 Å². The first-order valence-electron chi connectivity index (χ1n) is 7.76. The Kier molecular flexibility index (Phi) is 5.74. The number of hydrogen-bond acceptors (Lipinski definition) is 3. The van der Waals surface area contributed by atoms with Gasteiger partial charge in [-0.05, 0) is 48.5 Å². The summed E-state index contributed by atoms with van der Waals surface area (Å²) in [4.78, 5) is 26.1. The lowest BCUT2D eigenvalue weighted by Gasteiger charge is -2.23. The van der Waals surface area contributed by atoms with Crippen LogP contribution in [0.5, 0.6) is 0 Å². The zero-order valence-electron chi connectivity index (χ0n) is 14.8. The molecule has 0 aromatic carbocycles. The number of carbonyl (C=O) groups excluding carboxylic acids is 2. The van der Waals surface area contributed by atoms with Crippen LogP contribution in [0.25, 0.3) is 0 Å². The van der Waals surface area contributed by atoms with Crippen LogP contribution < -0.4 is 5.32 Å². The molecule has 2 amide bonds. The summed E-state index contributed by atoms with van der Waals surface area (Å²) < 4.78 is 1.87. The van der Waals surface area contributed by atoms with Crippen LogP contribution in [-0.4, -0.2) is 46.1 Å². The maximum atomic E-state index is 12.8. The van der Waals surface area contributed by atoms with Gasteiger partial charge in [-0.3, -0.25) is 14.3 Å². The van der Waals surface area contributed by atoms with Gasteiger partial charge in [-0.1, -0.05) is 0 Å². The highest BCUT2D eigenvalue weighted by Crippen LogP contribution is 2.22. The van der Waals surface area contributed by atoms with E-state index in [0.717, 1.165) is 5.69 Å². The van der Waals surface area contributed by atoms with Crippen molar-refractivity contribution in [2.45, 2.75) is 54.0 Å². The van der Waals surface area contributed by atoms with Crippen LogP contribution in [0.3, 0.4) is 0 Å². The number of carbonyl (C=O) groups is 2. The number of nitrogens with one attached hydrogen (secondary N) is 1. The number of rotatable bonds is 5. The second-order valence-corrected chi connectivity index (χ2v) is 6.40. The first-order valence-corrected chi connectivity index (χ1v) is 7.76. The Morgan fingerprint density at radius 3 is 2.23 bits per heavy atom. The molecule has 1 aromatic heterocycles. The minimum atomic E-state index is -0.190. The minimum absolute atomic E-state index is 0.0722. The van der Waals surface area contributed by atoms with Gasteiger partial charge in [0.05, 0.1) is 23.3 Å². The van der Waals surface area contributed by atoms with Crippen LogP contribution in [0.4, 0.5) is 0 Å². The van der Waals surface area contributed by atoms with Crippen molar-refractivity contribution in [1.82, 2.24) is 20.0 Å². The molecular weight excluding hydrogens is 280 g/mol. The van der Waals surface area contributed by atoms with Crippen molar-refractivity contribution >= 4 is 11.8 Å². The SMILES string of the molecule is CCNC(=O)CN(CC)C(=O)c1c(C)nn(C(C)(C)C)c1C. The molecule has 0 aliphatic carbocycles. The average Bonchev–Trinajstić information content (AvgIpc) is 2.71. The molecule has 0 fully saturated rings. The molecule has 1 aromatic rings. The third-order valence-corrected chi connectivity index (χ3v) is 3.52. The molecule has 1 heterocycles. The first kappa shape index (κ1) is 18.2. The van der Waals surface area contributed by atoms with Crippen LogP contribution in [0.2, 0.25) is 0 Å². The van der Waals surface area contributed by atoms with Crippen LogP contribution in [0, 0.1) is 13.8 Å². The molecule has 0 saturated heterocycles. The van der Waals surface area contributed by atoms with E-state index in [1.807, 2.05) is 53.1 Å². The molecule has 0 atom stereocenters. The Morgan fingerprint density at radius 2 is 1.82 bits per heavy atom. The molecule has 0 saturated carbocycles. The summed E-state index contributed by atoms with van der Waals surface area (Å²) in [5.74, 6) is -0.282. The lowest BCUT2D eigenvalue weighted by Crippen LogP contribution is -2.41. The molecule has 0 spiro atoms. The van der Waals surface area contributed by atoms with Crippen molar-refractivity contribution in [3.8, 4) is 0 Å². The van der Waals surface area contributed by atoms with Crippen molar-refractivity contribution in [3.63, 3.8) is 0 Å². The number of aromatic nitrogens is 2. The van der Waals surface area contributed by atoms with Gasteiger partial charge in [0.2, 0.25) is 5.91 Å². The van der Waals surface area contributed by atoms with Gasteiger partial charge in [0.1, 0.15) is 0 Å². The fraction of sp³-hybridized carbons (Fsp3) is 0.688. The van der Waals surface area contributed by atoms with Crippen molar-refractivity contribution in [2.24, 2.45) is 0 Å². The molecule has 0 radical (unpaired) electrons. The maximum absolute atomic E-state index is 12.8. The molecule has 6 heteroatoms. The van der Waals surface area contributed by atoms with E-state index in [1.165, 1.54) is 0 Å². The Bertz CT molecular complexity index is 555. The third kappa shape index (κ3) is 3.87. The standard InChI is InChI=1S/C16H28N4O2/c1-8-17-13(21)10-19(9-2)15(22)14-11(3)18-20(12(14)4)16(5,6)7/h8-10H2,1-7H3,(H,17,21). The van der Waals surface area contributed by atoms with Crippen molar-refractivity contribution in [1.29, 1.82) is 0 Å². The Balaban J connectivity index is 3.11. The molecule has 6 nitrogen and oxygen atoms in total. The van der Waals surface area contributed by atoms with E-state index in [2.05, 4.69) is 10.4 Å². The molecule has 1 N–H and O–H groups in total. The summed E-state index contributed by atoms with van der Waals surface area (Å²) in [6.07, 6.45) is 0. The number of hydrogen-bond donors (Lipinski definition) is 1. The van der Waals surface area contributed by atoms with Gasteiger partial charge in [-0.2, -0.15) is 5.10 Å². The fourth-order valence-corrected chi connectivity index (χ4v) is 2.52. The maximum Gasteiger partial charge on any atom is 0.258 e. The van der Waals surface area contributed by atoms with Gasteiger partial charge < -0.3 is 10.2 Å². The van der Waals surface area contributed by atoms with E-state index in [-0.39, 0.29) is 23.9 Å². The average molecular weight is 308 g/mol. The normalized spacial score (nSPS) is 11.4. The Labute approximate surface area is 132 Å². The lowest BCUT2D eigenvalue weighted by atomic mass is 10.1. The van der Waals surface area contributed by atoms with Gasteiger partial charge in [0.15, 0.2) is 0 Å². The van der Waals surface area contributed by atoms with E-state index in [4.69, 9.17) is 0 Å². The van der Waals surface area contributed by atoms with Crippen LogP contribution in [-0.2, 0) is 10.3 Å². The lowest BCUT2D eigenvalue weighted by molar-refractivity contribution is -0.121. The number of likely N-dealkylation sites (N-methyl/N-ethyl adjacent to an activating group) is 2. The van der Waals surface area contributed by atoms with E-state index < -0.39 is 0 Å². The Morgan fingerprint density at radius 1 is 1.23 bits per heavy atom. The monoisotopic (exact) mass is 308 g/mol. The zero-order chi connectivity index (χ0) is 17.1. The number of amides is 2. The van der Waals surface area contributed by atoms with Crippen molar-refractivity contribution in [2.75, 3.05) is 19.6 Å². The highest BCUT2D eigenvalue weighted by atomic mass is 16.2. The van der Waals surface area contributed by atoms with Gasteiger partial charge in [0.25, 0.3) is 5.91 Å². The summed E-state index contributed by atoms with van der Waals surface area (Å²) >= 11 is 0. The van der Waals surface area contributed by atoms with Crippen LogP contribution in [0.15, 0.2) is 0 Å². The fourth-order valence-electron chi connectivity index (χ4n) is 2.52. The minimum Gasteiger partial charge on any atom is -0.355 e. The molecule has 0 unspecified atom stereocenters. The third-order valence-electron chi connectivity index (χ3n) is 3.52. The topological polar surface area (TPSA) is 67.2 Å². The Hall–Kier alpha value is -1.85. The summed E-state index contributed by atoms with van der Waals surface area (Å²) in [6, 6.07) is 0. The van der Waals surface area contributed by atoms with Gasteiger partial charge in [0, 0.05) is 18.8 Å². The molecule has 0 bridgehead atoms. The van der Waals surface area contributed by atoms with Crippen molar-refractivity contribution in [3.05, 3.63) is 17.0 Å². The largest absolute Gasteiger partial charge is 0.355 e. The highest BCUT2D eigenvalue weighted by molar-refractivity contribution is 5.98. The predicted octanol–water partition coefficient (Wildman–Crippen LogP) is 1.85. The predicted molar refractivity (Wildman–Crippen MR) is 87.0 cm³/mol. The quantitative estimate of drug-likeness (QED) is 0.902. The number of aryl methyl sites for hydroxylation is 1. The van der Waals surface area contributed by atoms with Crippen LogP contribution >= 0.6 is 0 Å². The molecular formula is C16H28N4O2. The summed E-state index contributed by atoms with van der Waals surface area (Å²) in [5, 5.41) is 7.22. The zero-order valence-corrected chi connectivity index (χ0v) is 14.8. The van der Waals surface area contributed by atoms with E-state index in [9.17, 15) is 9.59 Å². The van der Waals surface area contributed by atoms with Crippen molar-refractivity contribution < 1.29 is 9.59 Å². The first-order chi connectivity index (χ1) is 10.1. The molecule has 1 rings (SSSR count). The summed E-state index contributed by atoms with van der Waals surface area (Å²) in [5.41, 5.74) is 1.95. The van der Waals surface area contributed by atoms with Crippen LogP contribution in [0.1, 0.15) is 56.4 Å².